The number of aromatic nitrogens is 1. The lowest BCUT2D eigenvalue weighted by Crippen LogP contribution is -2.16. The summed E-state index contributed by atoms with van der Waals surface area (Å²) >= 11 is 0. The summed E-state index contributed by atoms with van der Waals surface area (Å²) in [5.41, 5.74) is 2.80. The Kier molecular flexibility index (Phi) is 4.66. The Bertz CT molecular complexity index is 750. The SMILES string of the molecule is Cl.FC(F)(F)Oc1ccc([CH]c2c[nH]c3ccccc23)cc1. The monoisotopic (exact) mass is 326 g/mol. The van der Waals surface area contributed by atoms with Gasteiger partial charge in [-0.2, -0.15) is 0 Å². The predicted octanol–water partition coefficient (Wildman–Crippen LogP) is 5.09. The zero-order valence-corrected chi connectivity index (χ0v) is 12.0. The van der Waals surface area contributed by atoms with E-state index in [0.29, 0.717) is 0 Å². The minimum Gasteiger partial charge on any atom is -0.406 e. The highest BCUT2D eigenvalue weighted by molar-refractivity contribution is 5.85. The number of ether oxygens (including phenoxy) is 1. The average molecular weight is 327 g/mol. The number of nitrogens with one attached hydrogen (secondary N) is 1. The first-order valence-electron chi connectivity index (χ1n) is 6.28. The Morgan fingerprint density at radius 3 is 2.32 bits per heavy atom. The smallest absolute Gasteiger partial charge is 0.406 e. The van der Waals surface area contributed by atoms with Gasteiger partial charge < -0.3 is 9.72 Å². The van der Waals surface area contributed by atoms with Crippen molar-refractivity contribution in [2.45, 2.75) is 6.36 Å². The van der Waals surface area contributed by atoms with Crippen molar-refractivity contribution < 1.29 is 17.9 Å². The number of hydrogen-bond donors (Lipinski definition) is 1. The van der Waals surface area contributed by atoms with E-state index in [0.717, 1.165) is 22.0 Å². The van der Waals surface area contributed by atoms with Crippen molar-refractivity contribution in [2.24, 2.45) is 0 Å². The summed E-state index contributed by atoms with van der Waals surface area (Å²) < 4.78 is 40.1. The molecule has 2 nitrogen and oxygen atoms in total. The molecule has 0 aliphatic carbocycles. The molecule has 0 unspecified atom stereocenters. The number of para-hydroxylation sites is 1. The molecule has 0 fully saturated rings. The van der Waals surface area contributed by atoms with Gasteiger partial charge in [-0.15, -0.1) is 25.6 Å². The van der Waals surface area contributed by atoms with Gasteiger partial charge in [-0.05, 0) is 29.3 Å². The van der Waals surface area contributed by atoms with Crippen molar-refractivity contribution >= 4 is 23.3 Å². The molecule has 1 aromatic heterocycles. The fraction of sp³-hybridized carbons (Fsp3) is 0.0625. The Balaban J connectivity index is 0.00000176. The van der Waals surface area contributed by atoms with Gasteiger partial charge in [-0.25, -0.2) is 0 Å². The lowest BCUT2D eigenvalue weighted by molar-refractivity contribution is -0.274. The van der Waals surface area contributed by atoms with E-state index in [1.165, 1.54) is 12.1 Å². The summed E-state index contributed by atoms with van der Waals surface area (Å²) in [5, 5.41) is 1.06. The standard InChI is InChI=1S/C16H11F3NO.ClH/c17-16(18,19)21-13-7-5-11(6-8-13)9-12-10-20-15-4-2-1-3-14(12)15;/h1-10,20H;1H. The van der Waals surface area contributed by atoms with Gasteiger partial charge in [-0.1, -0.05) is 30.3 Å². The molecule has 0 bridgehead atoms. The van der Waals surface area contributed by atoms with Gasteiger partial charge in [0.2, 0.25) is 0 Å². The summed E-state index contributed by atoms with van der Waals surface area (Å²) in [6.07, 6.45) is -0.900. The van der Waals surface area contributed by atoms with E-state index in [4.69, 9.17) is 0 Å². The third kappa shape index (κ3) is 3.74. The van der Waals surface area contributed by atoms with Crippen molar-refractivity contribution in [1.29, 1.82) is 0 Å². The van der Waals surface area contributed by atoms with Crippen molar-refractivity contribution in [3.63, 3.8) is 0 Å². The van der Waals surface area contributed by atoms with Crippen LogP contribution < -0.4 is 4.74 Å². The van der Waals surface area contributed by atoms with E-state index in [1.807, 2.05) is 36.9 Å². The first-order valence-corrected chi connectivity index (χ1v) is 6.28. The highest BCUT2D eigenvalue weighted by Gasteiger charge is 2.30. The first kappa shape index (κ1) is 16.2. The molecule has 0 aliphatic heterocycles. The number of benzene rings is 2. The zero-order valence-electron chi connectivity index (χ0n) is 11.2. The molecule has 1 heterocycles. The van der Waals surface area contributed by atoms with Gasteiger partial charge in [0, 0.05) is 23.5 Å². The molecule has 1 radical (unpaired) electrons. The van der Waals surface area contributed by atoms with Crippen LogP contribution in [0, 0.1) is 6.42 Å². The molecule has 2 aromatic carbocycles. The number of hydrogen-bond acceptors (Lipinski definition) is 1. The molecular formula is C16H12ClF3NO. The Labute approximate surface area is 131 Å². The lowest BCUT2D eigenvalue weighted by Gasteiger charge is -2.09. The van der Waals surface area contributed by atoms with Gasteiger partial charge in [-0.3, -0.25) is 0 Å². The van der Waals surface area contributed by atoms with Crippen molar-refractivity contribution in [3.8, 4) is 5.75 Å². The predicted molar refractivity (Wildman–Crippen MR) is 81.2 cm³/mol. The molecule has 22 heavy (non-hydrogen) atoms. The highest BCUT2D eigenvalue weighted by atomic mass is 35.5. The minimum absolute atomic E-state index is 0. The normalized spacial score (nSPS) is 11.2. The second kappa shape index (κ2) is 6.32. The van der Waals surface area contributed by atoms with Gasteiger partial charge in [0.15, 0.2) is 0 Å². The number of alkyl halides is 3. The fourth-order valence-electron chi connectivity index (χ4n) is 2.16. The van der Waals surface area contributed by atoms with E-state index in [9.17, 15) is 13.2 Å². The number of H-pyrrole nitrogens is 1. The molecular weight excluding hydrogens is 315 g/mol. The fourth-order valence-corrected chi connectivity index (χ4v) is 2.16. The van der Waals surface area contributed by atoms with Crippen LogP contribution in [0.3, 0.4) is 0 Å². The van der Waals surface area contributed by atoms with Crippen LogP contribution in [0.2, 0.25) is 0 Å². The Morgan fingerprint density at radius 1 is 0.955 bits per heavy atom. The largest absolute Gasteiger partial charge is 0.573 e. The van der Waals surface area contributed by atoms with E-state index < -0.39 is 6.36 Å². The van der Waals surface area contributed by atoms with Gasteiger partial charge in [0.05, 0.1) is 0 Å². The van der Waals surface area contributed by atoms with Gasteiger partial charge in [0.25, 0.3) is 0 Å². The van der Waals surface area contributed by atoms with E-state index in [-0.39, 0.29) is 18.2 Å². The van der Waals surface area contributed by atoms with Gasteiger partial charge >= 0.3 is 6.36 Å². The van der Waals surface area contributed by atoms with Crippen LogP contribution in [0.25, 0.3) is 10.9 Å². The highest BCUT2D eigenvalue weighted by Crippen LogP contribution is 2.25. The Morgan fingerprint density at radius 2 is 1.64 bits per heavy atom. The summed E-state index contributed by atoms with van der Waals surface area (Å²) in [4.78, 5) is 3.15. The van der Waals surface area contributed by atoms with Crippen LogP contribution >= 0.6 is 12.4 Å². The third-order valence-electron chi connectivity index (χ3n) is 3.06. The van der Waals surface area contributed by atoms with Crippen LogP contribution in [0.5, 0.6) is 5.75 Å². The minimum atomic E-state index is -4.66. The molecule has 3 aromatic rings. The summed E-state index contributed by atoms with van der Waals surface area (Å²) in [6, 6.07) is 13.6. The molecule has 115 valence electrons. The maximum absolute atomic E-state index is 12.1. The maximum atomic E-state index is 12.1. The molecule has 0 amide bonds. The first-order chi connectivity index (χ1) is 10.0. The molecule has 3 rings (SSSR count). The molecule has 0 spiro atoms. The number of fused-ring (bicyclic) bond motifs is 1. The number of halogens is 4. The zero-order chi connectivity index (χ0) is 14.9. The molecule has 0 atom stereocenters. The van der Waals surface area contributed by atoms with Crippen molar-refractivity contribution in [1.82, 2.24) is 4.98 Å². The Hall–Kier alpha value is -2.14. The third-order valence-corrected chi connectivity index (χ3v) is 3.06. The number of rotatable bonds is 3. The molecule has 0 saturated heterocycles. The molecule has 0 saturated carbocycles. The molecule has 1 N–H and O–H groups in total. The maximum Gasteiger partial charge on any atom is 0.573 e. The van der Waals surface area contributed by atoms with Crippen LogP contribution in [0.4, 0.5) is 13.2 Å². The topological polar surface area (TPSA) is 25.0 Å². The van der Waals surface area contributed by atoms with Crippen LogP contribution in [-0.4, -0.2) is 11.3 Å². The van der Waals surface area contributed by atoms with E-state index in [1.54, 1.807) is 12.1 Å². The molecule has 0 aliphatic rings. The summed E-state index contributed by atoms with van der Waals surface area (Å²) in [7, 11) is 0. The van der Waals surface area contributed by atoms with E-state index >= 15 is 0 Å². The van der Waals surface area contributed by atoms with Crippen LogP contribution in [0.1, 0.15) is 11.1 Å². The summed E-state index contributed by atoms with van der Waals surface area (Å²) in [6.45, 7) is 0. The van der Waals surface area contributed by atoms with E-state index in [2.05, 4.69) is 9.72 Å². The quantitative estimate of drug-likeness (QED) is 0.712. The second-order valence-electron chi connectivity index (χ2n) is 4.55. The van der Waals surface area contributed by atoms with Crippen molar-refractivity contribution in [3.05, 3.63) is 72.3 Å². The van der Waals surface area contributed by atoms with Gasteiger partial charge in [0.1, 0.15) is 5.75 Å². The molecule has 6 heteroatoms. The van der Waals surface area contributed by atoms with Crippen LogP contribution in [-0.2, 0) is 0 Å². The second-order valence-corrected chi connectivity index (χ2v) is 4.55. The lowest BCUT2D eigenvalue weighted by atomic mass is 10.0. The number of aromatic amines is 1. The average Bonchev–Trinajstić information content (AvgIpc) is 2.83. The summed E-state index contributed by atoms with van der Waals surface area (Å²) in [5.74, 6) is -0.224. The van der Waals surface area contributed by atoms with Crippen LogP contribution in [0.15, 0.2) is 54.7 Å². The van der Waals surface area contributed by atoms with Crippen molar-refractivity contribution in [2.75, 3.05) is 0 Å².